The van der Waals surface area contributed by atoms with Crippen molar-refractivity contribution in [1.29, 1.82) is 0 Å². The van der Waals surface area contributed by atoms with Gasteiger partial charge in [-0.3, -0.25) is 0 Å². The van der Waals surface area contributed by atoms with Crippen LogP contribution < -0.4 is 5.73 Å². The molecule has 0 aliphatic heterocycles. The van der Waals surface area contributed by atoms with E-state index in [2.05, 4.69) is 15.0 Å². The summed E-state index contributed by atoms with van der Waals surface area (Å²) in [4.78, 5) is 12.7. The fourth-order valence-electron chi connectivity index (χ4n) is 2.66. The quantitative estimate of drug-likeness (QED) is 0.596. The Morgan fingerprint density at radius 2 is 1.36 bits per heavy atom. The van der Waals surface area contributed by atoms with Gasteiger partial charge in [0.15, 0.2) is 5.65 Å². The smallest absolute Gasteiger partial charge is 0.222 e. The molecule has 6 heteroatoms. The number of pyridine rings is 1. The molecule has 2 N–H and O–H groups in total. The average molecular weight is 334 g/mol. The monoisotopic (exact) mass is 334 g/mol. The minimum Gasteiger partial charge on any atom is -0.368 e. The largest absolute Gasteiger partial charge is 0.368 e. The SMILES string of the molecule is Nc1ncc2c(-c3ccc(F)cc3)cc(-c3ccc(F)cc3)nc2n1. The zero-order valence-corrected chi connectivity index (χ0v) is 12.9. The lowest BCUT2D eigenvalue weighted by molar-refractivity contribution is 0.627. The molecule has 25 heavy (non-hydrogen) atoms. The third kappa shape index (κ3) is 2.89. The van der Waals surface area contributed by atoms with Crippen LogP contribution in [-0.4, -0.2) is 15.0 Å². The van der Waals surface area contributed by atoms with Gasteiger partial charge in [-0.05, 0) is 53.6 Å². The van der Waals surface area contributed by atoms with E-state index >= 15 is 0 Å². The number of benzene rings is 2. The molecule has 4 rings (SSSR count). The second kappa shape index (κ2) is 5.90. The molecule has 0 bridgehead atoms. The molecule has 0 atom stereocenters. The molecule has 0 saturated heterocycles. The summed E-state index contributed by atoms with van der Waals surface area (Å²) in [6, 6.07) is 14.0. The highest BCUT2D eigenvalue weighted by molar-refractivity contribution is 5.94. The van der Waals surface area contributed by atoms with Gasteiger partial charge in [0.25, 0.3) is 0 Å². The molecule has 4 nitrogen and oxygen atoms in total. The van der Waals surface area contributed by atoms with Crippen molar-refractivity contribution in [3.05, 3.63) is 72.4 Å². The van der Waals surface area contributed by atoms with E-state index in [1.165, 1.54) is 24.3 Å². The summed E-state index contributed by atoms with van der Waals surface area (Å²) >= 11 is 0. The highest BCUT2D eigenvalue weighted by Crippen LogP contribution is 2.31. The van der Waals surface area contributed by atoms with E-state index in [4.69, 9.17) is 5.73 Å². The maximum atomic E-state index is 13.3. The van der Waals surface area contributed by atoms with Gasteiger partial charge in [-0.25, -0.2) is 18.7 Å². The van der Waals surface area contributed by atoms with Gasteiger partial charge in [0.1, 0.15) is 11.6 Å². The number of anilines is 1. The standard InChI is InChI=1S/C19H12F2N4/c20-13-5-1-11(2-6-13)15-9-17(12-3-7-14(21)8-4-12)24-18-16(15)10-23-19(22)25-18/h1-10H,(H2,22,23,24,25). The summed E-state index contributed by atoms with van der Waals surface area (Å²) in [5.74, 6) is -0.530. The molecule has 0 radical (unpaired) electrons. The molecule has 0 amide bonds. The van der Waals surface area contributed by atoms with Crippen molar-refractivity contribution in [3.63, 3.8) is 0 Å². The second-order valence-corrected chi connectivity index (χ2v) is 5.53. The van der Waals surface area contributed by atoms with Crippen LogP contribution in [-0.2, 0) is 0 Å². The van der Waals surface area contributed by atoms with Crippen molar-refractivity contribution in [2.24, 2.45) is 0 Å². The zero-order valence-electron chi connectivity index (χ0n) is 12.9. The molecule has 0 fully saturated rings. The first-order valence-electron chi connectivity index (χ1n) is 7.55. The van der Waals surface area contributed by atoms with Gasteiger partial charge in [0, 0.05) is 17.1 Å². The molecular formula is C19H12F2N4. The molecule has 0 aliphatic carbocycles. The summed E-state index contributed by atoms with van der Waals surface area (Å²) in [5.41, 5.74) is 9.05. The Morgan fingerprint density at radius 1 is 0.760 bits per heavy atom. The average Bonchev–Trinajstić information content (AvgIpc) is 2.62. The van der Waals surface area contributed by atoms with Gasteiger partial charge in [0.05, 0.1) is 5.69 Å². The number of nitrogens with zero attached hydrogens (tertiary/aromatic N) is 3. The Morgan fingerprint density at radius 3 is 2.00 bits per heavy atom. The van der Waals surface area contributed by atoms with E-state index in [0.29, 0.717) is 16.7 Å². The molecular weight excluding hydrogens is 322 g/mol. The fourth-order valence-corrected chi connectivity index (χ4v) is 2.66. The Labute approximate surface area is 142 Å². The molecule has 4 aromatic rings. The first-order valence-corrected chi connectivity index (χ1v) is 7.55. The van der Waals surface area contributed by atoms with Crippen LogP contribution >= 0.6 is 0 Å². The summed E-state index contributed by atoms with van der Waals surface area (Å²) < 4.78 is 26.5. The van der Waals surface area contributed by atoms with E-state index in [9.17, 15) is 8.78 Å². The van der Waals surface area contributed by atoms with Crippen molar-refractivity contribution in [1.82, 2.24) is 15.0 Å². The van der Waals surface area contributed by atoms with Crippen LogP contribution in [0.1, 0.15) is 0 Å². The summed E-state index contributed by atoms with van der Waals surface area (Å²) in [7, 11) is 0. The molecule has 122 valence electrons. The molecule has 2 aromatic heterocycles. The predicted molar refractivity (Wildman–Crippen MR) is 92.5 cm³/mol. The van der Waals surface area contributed by atoms with Crippen molar-refractivity contribution in [2.75, 3.05) is 5.73 Å². The van der Waals surface area contributed by atoms with Crippen LogP contribution in [0.5, 0.6) is 0 Å². The van der Waals surface area contributed by atoms with Gasteiger partial charge in [-0.1, -0.05) is 12.1 Å². The normalized spacial score (nSPS) is 11.0. The number of aromatic nitrogens is 3. The maximum Gasteiger partial charge on any atom is 0.222 e. The Kier molecular flexibility index (Phi) is 3.57. The lowest BCUT2D eigenvalue weighted by atomic mass is 10.0. The van der Waals surface area contributed by atoms with E-state index in [1.54, 1.807) is 30.5 Å². The molecule has 0 spiro atoms. The molecule has 0 unspecified atom stereocenters. The summed E-state index contributed by atoms with van der Waals surface area (Å²) in [5, 5.41) is 0.701. The van der Waals surface area contributed by atoms with E-state index < -0.39 is 0 Å². The van der Waals surface area contributed by atoms with Gasteiger partial charge in [0.2, 0.25) is 5.95 Å². The summed E-state index contributed by atoms with van der Waals surface area (Å²) in [6.45, 7) is 0. The van der Waals surface area contributed by atoms with E-state index in [1.807, 2.05) is 6.07 Å². The van der Waals surface area contributed by atoms with Gasteiger partial charge in [-0.2, -0.15) is 4.98 Å². The Hall–Kier alpha value is -3.41. The van der Waals surface area contributed by atoms with Crippen molar-refractivity contribution >= 4 is 17.0 Å². The number of nitrogens with two attached hydrogens (primary N) is 1. The van der Waals surface area contributed by atoms with Crippen LogP contribution in [0.15, 0.2) is 60.8 Å². The number of nitrogen functional groups attached to an aromatic ring is 1. The highest BCUT2D eigenvalue weighted by Gasteiger charge is 2.12. The third-order valence-corrected chi connectivity index (χ3v) is 3.88. The number of rotatable bonds is 2. The number of fused-ring (bicyclic) bond motifs is 1. The zero-order chi connectivity index (χ0) is 17.4. The first-order chi connectivity index (χ1) is 12.1. The van der Waals surface area contributed by atoms with Crippen LogP contribution in [0.4, 0.5) is 14.7 Å². The second-order valence-electron chi connectivity index (χ2n) is 5.53. The fraction of sp³-hybridized carbons (Fsp3) is 0. The van der Waals surface area contributed by atoms with E-state index in [-0.39, 0.29) is 17.6 Å². The lowest BCUT2D eigenvalue weighted by Crippen LogP contribution is -1.98. The van der Waals surface area contributed by atoms with Gasteiger partial charge >= 0.3 is 0 Å². The Balaban J connectivity index is 1.99. The van der Waals surface area contributed by atoms with Crippen molar-refractivity contribution in [2.45, 2.75) is 0 Å². The number of halogens is 2. The highest BCUT2D eigenvalue weighted by atomic mass is 19.1. The lowest BCUT2D eigenvalue weighted by Gasteiger charge is -2.10. The molecule has 0 saturated carbocycles. The van der Waals surface area contributed by atoms with Crippen LogP contribution in [0.2, 0.25) is 0 Å². The molecule has 2 heterocycles. The number of hydrogen-bond donors (Lipinski definition) is 1. The van der Waals surface area contributed by atoms with Crippen LogP contribution in [0, 0.1) is 11.6 Å². The third-order valence-electron chi connectivity index (χ3n) is 3.88. The minimum atomic E-state index is -0.324. The topological polar surface area (TPSA) is 64.7 Å². The summed E-state index contributed by atoms with van der Waals surface area (Å²) in [6.07, 6.45) is 1.60. The molecule has 2 aromatic carbocycles. The molecule has 0 aliphatic rings. The predicted octanol–water partition coefficient (Wildman–Crippen LogP) is 4.22. The van der Waals surface area contributed by atoms with Crippen molar-refractivity contribution < 1.29 is 8.78 Å². The first kappa shape index (κ1) is 15.1. The van der Waals surface area contributed by atoms with E-state index in [0.717, 1.165) is 16.7 Å². The van der Waals surface area contributed by atoms with Crippen molar-refractivity contribution in [3.8, 4) is 22.4 Å². The maximum absolute atomic E-state index is 13.3. The Bertz CT molecular complexity index is 1060. The van der Waals surface area contributed by atoms with Gasteiger partial charge < -0.3 is 5.73 Å². The minimum absolute atomic E-state index is 0.112. The number of hydrogen-bond acceptors (Lipinski definition) is 4. The van der Waals surface area contributed by atoms with Crippen LogP contribution in [0.25, 0.3) is 33.4 Å². The van der Waals surface area contributed by atoms with Gasteiger partial charge in [-0.15, -0.1) is 0 Å². The van der Waals surface area contributed by atoms with Crippen LogP contribution in [0.3, 0.4) is 0 Å².